The number of carbonyl (C=O) groups is 3. The quantitative estimate of drug-likeness (QED) is 0.691. The number of amides is 3. The zero-order valence-corrected chi connectivity index (χ0v) is 13.8. The van der Waals surface area contributed by atoms with E-state index >= 15 is 0 Å². The summed E-state index contributed by atoms with van der Waals surface area (Å²) in [6.07, 6.45) is 4.00. The summed E-state index contributed by atoms with van der Waals surface area (Å²) in [5, 5.41) is 3.21. The van der Waals surface area contributed by atoms with E-state index in [1.807, 2.05) is 0 Å². The van der Waals surface area contributed by atoms with Crippen molar-refractivity contribution in [1.82, 2.24) is 15.1 Å². The standard InChI is InChI=1S/C15H22N4O3S/c16-12(20)10-8-23-11-7-15(14(22)19(10)11)4-2-6-18(15)13(21)9-3-1-5-17-9/h9-11,17H,1-8H2,(H2,16,20)/t9?,10-,11-,15-/m1/s1. The molecule has 0 radical (unpaired) electrons. The monoisotopic (exact) mass is 338 g/mol. The summed E-state index contributed by atoms with van der Waals surface area (Å²) in [6, 6.07) is -0.688. The number of likely N-dealkylation sites (tertiary alicyclic amines) is 1. The van der Waals surface area contributed by atoms with E-state index in [2.05, 4.69) is 5.32 Å². The fourth-order valence-corrected chi connectivity index (χ4v) is 6.07. The summed E-state index contributed by atoms with van der Waals surface area (Å²) in [7, 11) is 0. The lowest BCUT2D eigenvalue weighted by Crippen LogP contribution is -2.58. The smallest absolute Gasteiger partial charge is 0.250 e. The van der Waals surface area contributed by atoms with Crippen LogP contribution in [-0.4, -0.2) is 69.4 Å². The number of nitrogens with two attached hydrogens (primary N) is 1. The van der Waals surface area contributed by atoms with Crippen molar-refractivity contribution in [1.29, 1.82) is 0 Å². The molecule has 1 unspecified atom stereocenters. The van der Waals surface area contributed by atoms with Gasteiger partial charge in [0.2, 0.25) is 17.7 Å². The van der Waals surface area contributed by atoms with Crippen molar-refractivity contribution in [3.8, 4) is 0 Å². The van der Waals surface area contributed by atoms with Gasteiger partial charge in [0.15, 0.2) is 0 Å². The van der Waals surface area contributed by atoms with Crippen molar-refractivity contribution in [2.24, 2.45) is 5.73 Å². The largest absolute Gasteiger partial charge is 0.368 e. The number of nitrogens with one attached hydrogen (secondary N) is 1. The minimum absolute atomic E-state index is 0.0232. The van der Waals surface area contributed by atoms with Gasteiger partial charge >= 0.3 is 0 Å². The van der Waals surface area contributed by atoms with Crippen molar-refractivity contribution >= 4 is 29.5 Å². The molecule has 4 heterocycles. The number of rotatable bonds is 2. The first-order valence-corrected chi connectivity index (χ1v) is 9.38. The number of fused-ring (bicyclic) bond motifs is 1. The zero-order valence-electron chi connectivity index (χ0n) is 13.0. The van der Waals surface area contributed by atoms with Gasteiger partial charge < -0.3 is 20.9 Å². The Morgan fingerprint density at radius 1 is 1.35 bits per heavy atom. The Balaban J connectivity index is 1.61. The molecule has 4 fully saturated rings. The fourth-order valence-electron chi connectivity index (χ4n) is 4.55. The summed E-state index contributed by atoms with van der Waals surface area (Å²) < 4.78 is 0. The van der Waals surface area contributed by atoms with Crippen LogP contribution in [0.5, 0.6) is 0 Å². The molecule has 3 amide bonds. The molecular formula is C15H22N4O3S. The van der Waals surface area contributed by atoms with Crippen molar-refractivity contribution in [3.63, 3.8) is 0 Å². The molecule has 7 nitrogen and oxygen atoms in total. The molecule has 4 rings (SSSR count). The van der Waals surface area contributed by atoms with Gasteiger partial charge in [-0.3, -0.25) is 14.4 Å². The van der Waals surface area contributed by atoms with Crippen LogP contribution in [0, 0.1) is 0 Å². The second-order valence-electron chi connectivity index (χ2n) is 6.90. The minimum atomic E-state index is -0.743. The van der Waals surface area contributed by atoms with Gasteiger partial charge in [-0.15, -0.1) is 11.8 Å². The molecule has 0 aromatic heterocycles. The highest BCUT2D eigenvalue weighted by Crippen LogP contribution is 2.49. The molecule has 4 aliphatic heterocycles. The Kier molecular flexibility index (Phi) is 3.57. The van der Waals surface area contributed by atoms with Gasteiger partial charge in [0.25, 0.3) is 0 Å². The first kappa shape index (κ1) is 15.3. The number of hydrogen-bond acceptors (Lipinski definition) is 5. The second kappa shape index (κ2) is 5.37. The number of thioether (sulfide) groups is 1. The van der Waals surface area contributed by atoms with Crippen molar-refractivity contribution in [2.75, 3.05) is 18.8 Å². The maximum absolute atomic E-state index is 13.1. The number of primary amides is 1. The van der Waals surface area contributed by atoms with Crippen molar-refractivity contribution in [3.05, 3.63) is 0 Å². The van der Waals surface area contributed by atoms with E-state index in [-0.39, 0.29) is 23.2 Å². The number of carbonyl (C=O) groups excluding carboxylic acids is 3. The summed E-state index contributed by atoms with van der Waals surface area (Å²) in [5.74, 6) is 0.106. The van der Waals surface area contributed by atoms with Crippen LogP contribution in [0.1, 0.15) is 32.1 Å². The van der Waals surface area contributed by atoms with Gasteiger partial charge in [0.05, 0.1) is 11.4 Å². The van der Waals surface area contributed by atoms with E-state index in [1.54, 1.807) is 21.6 Å². The molecule has 4 saturated heterocycles. The van der Waals surface area contributed by atoms with Crippen molar-refractivity contribution in [2.45, 2.75) is 55.1 Å². The van der Waals surface area contributed by atoms with E-state index in [0.717, 1.165) is 25.8 Å². The van der Waals surface area contributed by atoms with E-state index in [0.29, 0.717) is 25.1 Å². The Morgan fingerprint density at radius 2 is 2.17 bits per heavy atom. The third-order valence-corrected chi connectivity index (χ3v) is 6.97. The highest BCUT2D eigenvalue weighted by Gasteiger charge is 2.62. The van der Waals surface area contributed by atoms with Crippen LogP contribution < -0.4 is 11.1 Å². The molecule has 1 spiro atoms. The van der Waals surface area contributed by atoms with Crippen molar-refractivity contribution < 1.29 is 14.4 Å². The Morgan fingerprint density at radius 3 is 2.87 bits per heavy atom. The van der Waals surface area contributed by atoms with Gasteiger partial charge in [-0.2, -0.15) is 0 Å². The number of nitrogens with zero attached hydrogens (tertiary/aromatic N) is 2. The molecule has 126 valence electrons. The maximum Gasteiger partial charge on any atom is 0.250 e. The lowest BCUT2D eigenvalue weighted by Gasteiger charge is -2.35. The van der Waals surface area contributed by atoms with Crippen LogP contribution in [0.3, 0.4) is 0 Å². The van der Waals surface area contributed by atoms with E-state index in [1.165, 1.54) is 0 Å². The second-order valence-corrected chi connectivity index (χ2v) is 8.11. The molecule has 0 aliphatic carbocycles. The van der Waals surface area contributed by atoms with Gasteiger partial charge in [0.1, 0.15) is 11.6 Å². The maximum atomic E-state index is 13.1. The predicted molar refractivity (Wildman–Crippen MR) is 85.4 cm³/mol. The first-order valence-electron chi connectivity index (χ1n) is 8.33. The minimum Gasteiger partial charge on any atom is -0.368 e. The van der Waals surface area contributed by atoms with Crippen LogP contribution in [-0.2, 0) is 14.4 Å². The fraction of sp³-hybridized carbons (Fsp3) is 0.800. The van der Waals surface area contributed by atoms with Crippen LogP contribution in [0.25, 0.3) is 0 Å². The normalized spacial score (nSPS) is 39.5. The number of hydrogen-bond donors (Lipinski definition) is 2. The van der Waals surface area contributed by atoms with Gasteiger partial charge in [-0.1, -0.05) is 0 Å². The van der Waals surface area contributed by atoms with Gasteiger partial charge in [-0.25, -0.2) is 0 Å². The summed E-state index contributed by atoms with van der Waals surface area (Å²) >= 11 is 1.61. The highest BCUT2D eigenvalue weighted by molar-refractivity contribution is 8.00. The molecular weight excluding hydrogens is 316 g/mol. The SMILES string of the molecule is NC(=O)[C@H]1CS[C@@H]2C[C@]3(CCCN3C(=O)C3CCCN3)C(=O)N12. The summed E-state index contributed by atoms with van der Waals surface area (Å²) in [4.78, 5) is 41.1. The third-order valence-electron chi connectivity index (χ3n) is 5.68. The zero-order chi connectivity index (χ0) is 16.2. The predicted octanol–water partition coefficient (Wildman–Crippen LogP) is -0.741. The molecule has 4 atom stereocenters. The average molecular weight is 338 g/mol. The van der Waals surface area contributed by atoms with E-state index < -0.39 is 17.5 Å². The topological polar surface area (TPSA) is 95.7 Å². The van der Waals surface area contributed by atoms with Gasteiger partial charge in [0, 0.05) is 18.7 Å². The Hall–Kier alpha value is -1.28. The molecule has 0 aromatic carbocycles. The average Bonchev–Trinajstić information content (AvgIpc) is 3.28. The van der Waals surface area contributed by atoms with E-state index in [4.69, 9.17) is 5.73 Å². The molecule has 3 N–H and O–H groups in total. The lowest BCUT2D eigenvalue weighted by atomic mass is 9.93. The van der Waals surface area contributed by atoms with Crippen LogP contribution >= 0.6 is 11.8 Å². The van der Waals surface area contributed by atoms with Crippen LogP contribution in [0.15, 0.2) is 0 Å². The Labute approximate surface area is 139 Å². The van der Waals surface area contributed by atoms with Gasteiger partial charge in [-0.05, 0) is 32.2 Å². The molecule has 0 bridgehead atoms. The molecule has 8 heteroatoms. The Bertz CT molecular complexity index is 565. The highest BCUT2D eigenvalue weighted by atomic mass is 32.2. The summed E-state index contributed by atoms with van der Waals surface area (Å²) in [6.45, 7) is 1.49. The molecule has 23 heavy (non-hydrogen) atoms. The molecule has 4 aliphatic rings. The van der Waals surface area contributed by atoms with Crippen LogP contribution in [0.2, 0.25) is 0 Å². The van der Waals surface area contributed by atoms with E-state index in [9.17, 15) is 14.4 Å². The van der Waals surface area contributed by atoms with Crippen LogP contribution in [0.4, 0.5) is 0 Å². The third kappa shape index (κ3) is 2.11. The lowest BCUT2D eigenvalue weighted by molar-refractivity contribution is -0.149. The molecule has 0 aromatic rings. The molecule has 0 saturated carbocycles. The summed E-state index contributed by atoms with van der Waals surface area (Å²) in [5.41, 5.74) is 4.72. The first-order chi connectivity index (χ1) is 11.0.